The number of nitrogens with two attached hydrogens (primary N) is 1. The summed E-state index contributed by atoms with van der Waals surface area (Å²) >= 11 is 1.73. The summed E-state index contributed by atoms with van der Waals surface area (Å²) in [6, 6.07) is 0.317. The normalized spacial score (nSPS) is 15.7. The maximum absolute atomic E-state index is 5.86. The number of rotatable bonds is 6. The van der Waals surface area contributed by atoms with E-state index in [-0.39, 0.29) is 0 Å². The fourth-order valence-electron chi connectivity index (χ4n) is 2.11. The third kappa shape index (κ3) is 5.46. The number of nitrogens with one attached hydrogen (secondary N) is 1. The molecule has 4 heteroatoms. The number of nitrogens with zero attached hydrogens (tertiary/aromatic N) is 1. The standard InChI is InChI=1S/C14H27N3S/c1-10-9-18-13(17-10)11(2)16-8-12(7-15)6-14(3,4)5/h9,11-12,16H,6-8,15H2,1-5H3. The van der Waals surface area contributed by atoms with Crippen LogP contribution in [0.5, 0.6) is 0 Å². The van der Waals surface area contributed by atoms with Gasteiger partial charge in [-0.2, -0.15) is 0 Å². The van der Waals surface area contributed by atoms with E-state index in [1.165, 1.54) is 5.01 Å². The minimum atomic E-state index is 0.317. The molecule has 0 fully saturated rings. The van der Waals surface area contributed by atoms with Gasteiger partial charge in [0.05, 0.1) is 6.04 Å². The minimum absolute atomic E-state index is 0.317. The fourth-order valence-corrected chi connectivity index (χ4v) is 2.93. The zero-order valence-corrected chi connectivity index (χ0v) is 13.1. The van der Waals surface area contributed by atoms with Gasteiger partial charge in [-0.05, 0) is 44.7 Å². The molecule has 0 aromatic carbocycles. The van der Waals surface area contributed by atoms with Crippen molar-refractivity contribution in [2.45, 2.75) is 47.1 Å². The summed E-state index contributed by atoms with van der Waals surface area (Å²) in [6.45, 7) is 12.7. The van der Waals surface area contributed by atoms with Crippen LogP contribution in [0.25, 0.3) is 0 Å². The maximum Gasteiger partial charge on any atom is 0.110 e. The molecule has 104 valence electrons. The van der Waals surface area contributed by atoms with Crippen molar-refractivity contribution in [3.8, 4) is 0 Å². The summed E-state index contributed by atoms with van der Waals surface area (Å²) in [5.74, 6) is 0.536. The predicted molar refractivity (Wildman–Crippen MR) is 79.9 cm³/mol. The maximum atomic E-state index is 5.86. The molecule has 18 heavy (non-hydrogen) atoms. The van der Waals surface area contributed by atoms with Gasteiger partial charge < -0.3 is 11.1 Å². The van der Waals surface area contributed by atoms with E-state index < -0.39 is 0 Å². The van der Waals surface area contributed by atoms with Crippen molar-refractivity contribution in [3.63, 3.8) is 0 Å². The Morgan fingerprint density at radius 3 is 2.56 bits per heavy atom. The van der Waals surface area contributed by atoms with E-state index in [2.05, 4.69) is 43.4 Å². The molecule has 2 unspecified atom stereocenters. The van der Waals surface area contributed by atoms with E-state index in [0.29, 0.717) is 17.4 Å². The van der Waals surface area contributed by atoms with E-state index >= 15 is 0 Å². The number of hydrogen-bond donors (Lipinski definition) is 2. The average Bonchev–Trinajstić information content (AvgIpc) is 2.69. The van der Waals surface area contributed by atoms with E-state index in [0.717, 1.165) is 25.2 Å². The van der Waals surface area contributed by atoms with Gasteiger partial charge in [-0.15, -0.1) is 11.3 Å². The Hall–Kier alpha value is -0.450. The van der Waals surface area contributed by atoms with Crippen LogP contribution in [0, 0.1) is 18.3 Å². The second-order valence-corrected chi connectivity index (χ2v) is 7.21. The lowest BCUT2D eigenvalue weighted by Crippen LogP contribution is -2.32. The Labute approximate surface area is 115 Å². The van der Waals surface area contributed by atoms with Gasteiger partial charge in [0.2, 0.25) is 0 Å². The van der Waals surface area contributed by atoms with E-state index in [9.17, 15) is 0 Å². The first-order valence-corrected chi connectivity index (χ1v) is 7.55. The third-order valence-corrected chi connectivity index (χ3v) is 4.10. The zero-order chi connectivity index (χ0) is 13.8. The molecule has 1 aromatic heterocycles. The molecule has 2 atom stereocenters. The lowest BCUT2D eigenvalue weighted by Gasteiger charge is -2.26. The van der Waals surface area contributed by atoms with Gasteiger partial charge in [0, 0.05) is 11.1 Å². The van der Waals surface area contributed by atoms with Crippen LogP contribution in [0.2, 0.25) is 0 Å². The highest BCUT2D eigenvalue weighted by Gasteiger charge is 2.18. The summed E-state index contributed by atoms with van der Waals surface area (Å²) in [4.78, 5) is 4.51. The van der Waals surface area contributed by atoms with Crippen molar-refractivity contribution < 1.29 is 0 Å². The quantitative estimate of drug-likeness (QED) is 0.834. The van der Waals surface area contributed by atoms with Gasteiger partial charge in [-0.25, -0.2) is 4.98 Å². The Morgan fingerprint density at radius 1 is 1.44 bits per heavy atom. The van der Waals surface area contributed by atoms with Crippen LogP contribution in [-0.2, 0) is 0 Å². The monoisotopic (exact) mass is 269 g/mol. The van der Waals surface area contributed by atoms with Gasteiger partial charge in [-0.1, -0.05) is 20.8 Å². The topological polar surface area (TPSA) is 50.9 Å². The third-order valence-electron chi connectivity index (χ3n) is 2.95. The van der Waals surface area contributed by atoms with Crippen LogP contribution < -0.4 is 11.1 Å². The summed E-state index contributed by atoms with van der Waals surface area (Å²) in [6.07, 6.45) is 1.15. The van der Waals surface area contributed by atoms with Crippen molar-refractivity contribution in [2.24, 2.45) is 17.1 Å². The largest absolute Gasteiger partial charge is 0.330 e. The molecule has 0 saturated carbocycles. The summed E-state index contributed by atoms with van der Waals surface area (Å²) < 4.78 is 0. The first-order chi connectivity index (χ1) is 8.31. The predicted octanol–water partition coefficient (Wildman–Crippen LogP) is 3.11. The lowest BCUT2D eigenvalue weighted by atomic mass is 9.84. The Bertz CT molecular complexity index is 354. The van der Waals surface area contributed by atoms with Crippen molar-refractivity contribution in [1.29, 1.82) is 0 Å². The minimum Gasteiger partial charge on any atom is -0.330 e. The molecule has 0 aliphatic carbocycles. The van der Waals surface area contributed by atoms with Crippen molar-refractivity contribution in [1.82, 2.24) is 10.3 Å². The molecule has 1 rings (SSSR count). The lowest BCUT2D eigenvalue weighted by molar-refractivity contribution is 0.284. The summed E-state index contributed by atoms with van der Waals surface area (Å²) in [5, 5.41) is 6.82. The molecule has 1 aromatic rings. The fraction of sp³-hybridized carbons (Fsp3) is 0.786. The number of aromatic nitrogens is 1. The molecule has 1 heterocycles. The van der Waals surface area contributed by atoms with Crippen LogP contribution >= 0.6 is 11.3 Å². The second kappa shape index (κ2) is 6.64. The Balaban J connectivity index is 2.43. The van der Waals surface area contributed by atoms with Gasteiger partial charge in [0.25, 0.3) is 0 Å². The summed E-state index contributed by atoms with van der Waals surface area (Å²) in [5.41, 5.74) is 7.30. The van der Waals surface area contributed by atoms with Crippen LogP contribution in [0.1, 0.15) is 50.9 Å². The molecule has 3 nitrogen and oxygen atoms in total. The SMILES string of the molecule is Cc1csc(C(C)NCC(CN)CC(C)(C)C)n1. The van der Waals surface area contributed by atoms with Gasteiger partial charge >= 0.3 is 0 Å². The smallest absolute Gasteiger partial charge is 0.110 e. The first-order valence-electron chi connectivity index (χ1n) is 6.67. The van der Waals surface area contributed by atoms with Crippen LogP contribution in [-0.4, -0.2) is 18.1 Å². The molecule has 0 bridgehead atoms. The Morgan fingerprint density at radius 2 is 2.11 bits per heavy atom. The van der Waals surface area contributed by atoms with Gasteiger partial charge in [0.1, 0.15) is 5.01 Å². The number of thiazole rings is 1. The van der Waals surface area contributed by atoms with Crippen LogP contribution in [0.3, 0.4) is 0 Å². The van der Waals surface area contributed by atoms with E-state index in [1.807, 2.05) is 6.92 Å². The van der Waals surface area contributed by atoms with Crippen molar-refractivity contribution in [3.05, 3.63) is 16.1 Å². The zero-order valence-electron chi connectivity index (χ0n) is 12.3. The molecule has 0 aliphatic rings. The molecule has 0 amide bonds. The molecule has 0 spiro atoms. The molecule has 3 N–H and O–H groups in total. The molecular weight excluding hydrogens is 242 g/mol. The highest BCUT2D eigenvalue weighted by Crippen LogP contribution is 2.24. The van der Waals surface area contributed by atoms with Crippen LogP contribution in [0.15, 0.2) is 5.38 Å². The van der Waals surface area contributed by atoms with E-state index in [1.54, 1.807) is 11.3 Å². The van der Waals surface area contributed by atoms with E-state index in [4.69, 9.17) is 5.73 Å². The first kappa shape index (κ1) is 15.6. The van der Waals surface area contributed by atoms with Crippen LogP contribution in [0.4, 0.5) is 0 Å². The second-order valence-electron chi connectivity index (χ2n) is 6.32. The average molecular weight is 269 g/mol. The number of aryl methyl sites for hydroxylation is 1. The molecule has 0 aliphatic heterocycles. The Kier molecular flexibility index (Phi) is 5.76. The molecule has 0 saturated heterocycles. The summed E-state index contributed by atoms with van der Waals surface area (Å²) in [7, 11) is 0. The van der Waals surface area contributed by atoms with Gasteiger partial charge in [-0.3, -0.25) is 0 Å². The van der Waals surface area contributed by atoms with Crippen molar-refractivity contribution in [2.75, 3.05) is 13.1 Å². The highest BCUT2D eigenvalue weighted by molar-refractivity contribution is 7.09. The highest BCUT2D eigenvalue weighted by atomic mass is 32.1. The van der Waals surface area contributed by atoms with Crippen molar-refractivity contribution >= 4 is 11.3 Å². The van der Waals surface area contributed by atoms with Gasteiger partial charge in [0.15, 0.2) is 0 Å². The number of hydrogen-bond acceptors (Lipinski definition) is 4. The molecule has 0 radical (unpaired) electrons. The molecular formula is C14H27N3S.